The van der Waals surface area contributed by atoms with E-state index < -0.39 is 17.5 Å². The number of carbonyl (C=O) groups is 2. The molecular formula is C16H19FN2O3. The molecule has 1 aliphatic carbocycles. The van der Waals surface area contributed by atoms with Gasteiger partial charge in [0.1, 0.15) is 11.4 Å². The van der Waals surface area contributed by atoms with Crippen molar-refractivity contribution < 1.29 is 18.8 Å². The van der Waals surface area contributed by atoms with Crippen molar-refractivity contribution in [1.29, 1.82) is 0 Å². The molecule has 2 aliphatic rings. The van der Waals surface area contributed by atoms with E-state index in [0.29, 0.717) is 18.9 Å². The van der Waals surface area contributed by atoms with Crippen molar-refractivity contribution >= 4 is 11.9 Å². The summed E-state index contributed by atoms with van der Waals surface area (Å²) in [4.78, 5) is 29.8. The molecule has 0 aromatic heterocycles. The number of rotatable bonds is 5. The molecule has 5 nitrogen and oxygen atoms in total. The molecule has 1 aromatic rings. The van der Waals surface area contributed by atoms with Gasteiger partial charge in [-0.1, -0.05) is 18.6 Å². The average Bonchev–Trinajstić information content (AvgIpc) is 2.63. The lowest BCUT2D eigenvalue weighted by Crippen LogP contribution is -2.46. The largest absolute Gasteiger partial charge is 0.349 e. The van der Waals surface area contributed by atoms with Gasteiger partial charge in [0.25, 0.3) is 5.91 Å². The maximum absolute atomic E-state index is 12.9. The molecule has 0 bridgehead atoms. The van der Waals surface area contributed by atoms with Crippen molar-refractivity contribution in [3.8, 4) is 0 Å². The van der Waals surface area contributed by atoms with Gasteiger partial charge in [0.15, 0.2) is 0 Å². The van der Waals surface area contributed by atoms with Gasteiger partial charge in [-0.3, -0.25) is 9.63 Å². The molecule has 1 N–H and O–H groups in total. The van der Waals surface area contributed by atoms with Gasteiger partial charge in [0.05, 0.1) is 6.61 Å². The van der Waals surface area contributed by atoms with Crippen LogP contribution in [0.25, 0.3) is 0 Å². The summed E-state index contributed by atoms with van der Waals surface area (Å²) in [6.45, 7) is 2.05. The Morgan fingerprint density at radius 3 is 2.59 bits per heavy atom. The topological polar surface area (TPSA) is 58.6 Å². The van der Waals surface area contributed by atoms with Crippen molar-refractivity contribution in [2.75, 3.05) is 6.61 Å². The molecule has 0 spiro atoms. The molecule has 3 amide bonds. The second kappa shape index (κ2) is 5.68. The van der Waals surface area contributed by atoms with E-state index in [0.717, 1.165) is 23.5 Å². The molecule has 22 heavy (non-hydrogen) atoms. The number of imide groups is 1. The summed E-state index contributed by atoms with van der Waals surface area (Å²) < 4.78 is 12.9. The second-order valence-corrected chi connectivity index (χ2v) is 6.26. The van der Waals surface area contributed by atoms with Crippen molar-refractivity contribution in [1.82, 2.24) is 10.4 Å². The number of nitrogens with one attached hydrogen (secondary N) is 1. The van der Waals surface area contributed by atoms with Gasteiger partial charge in [-0.15, -0.1) is 5.06 Å². The molecule has 3 rings (SSSR count). The Labute approximate surface area is 128 Å². The predicted molar refractivity (Wildman–Crippen MR) is 77.2 cm³/mol. The number of halogens is 1. The van der Waals surface area contributed by atoms with Crippen LogP contribution in [0.15, 0.2) is 24.3 Å². The Hall–Kier alpha value is -1.95. The van der Waals surface area contributed by atoms with E-state index in [2.05, 4.69) is 5.32 Å². The van der Waals surface area contributed by atoms with E-state index in [1.807, 2.05) is 0 Å². The summed E-state index contributed by atoms with van der Waals surface area (Å²) in [5.74, 6) is -0.299. The highest BCUT2D eigenvalue weighted by Crippen LogP contribution is 2.28. The maximum atomic E-state index is 12.9. The van der Waals surface area contributed by atoms with Crippen LogP contribution in [0.5, 0.6) is 0 Å². The molecule has 1 saturated heterocycles. The molecule has 1 atom stereocenters. The number of hydrogen-bond donors (Lipinski definition) is 1. The molecule has 1 heterocycles. The standard InChI is InChI=1S/C16H19FN2O3/c1-16(9-11-5-7-13(17)8-6-11)14(20)19(15(21)18-16)22-10-12-3-2-4-12/h5-8,12H,2-4,9-10H2,1H3,(H,18,21)/t16-/m0/s1. The molecule has 0 radical (unpaired) electrons. The summed E-state index contributed by atoms with van der Waals surface area (Å²) in [6.07, 6.45) is 3.63. The van der Waals surface area contributed by atoms with E-state index in [4.69, 9.17) is 4.84 Å². The van der Waals surface area contributed by atoms with Gasteiger partial charge < -0.3 is 5.32 Å². The summed E-state index contributed by atoms with van der Waals surface area (Å²) in [5, 5.41) is 3.51. The van der Waals surface area contributed by atoms with Gasteiger partial charge in [-0.05, 0) is 43.4 Å². The molecular weight excluding hydrogens is 287 g/mol. The fourth-order valence-electron chi connectivity index (χ4n) is 2.74. The smallest absolute Gasteiger partial charge is 0.321 e. The van der Waals surface area contributed by atoms with Crippen LogP contribution in [-0.4, -0.2) is 29.1 Å². The minimum Gasteiger partial charge on any atom is -0.321 e. The van der Waals surface area contributed by atoms with E-state index in [1.54, 1.807) is 19.1 Å². The summed E-state index contributed by atoms with van der Waals surface area (Å²) in [5.41, 5.74) is -0.285. The van der Waals surface area contributed by atoms with E-state index in [1.165, 1.54) is 18.6 Å². The predicted octanol–water partition coefficient (Wildman–Crippen LogP) is 2.41. The number of carbonyl (C=O) groups excluding carboxylic acids is 2. The van der Waals surface area contributed by atoms with Crippen molar-refractivity contribution in [2.45, 2.75) is 38.1 Å². The summed E-state index contributed by atoms with van der Waals surface area (Å²) in [6, 6.07) is 5.36. The highest BCUT2D eigenvalue weighted by Gasteiger charge is 2.49. The van der Waals surface area contributed by atoms with Gasteiger partial charge in [0, 0.05) is 6.42 Å². The number of hydroxylamine groups is 2. The Balaban J connectivity index is 1.66. The third kappa shape index (κ3) is 2.83. The molecule has 6 heteroatoms. The summed E-state index contributed by atoms with van der Waals surface area (Å²) >= 11 is 0. The molecule has 2 fully saturated rings. The van der Waals surface area contributed by atoms with Crippen LogP contribution in [0.2, 0.25) is 0 Å². The Morgan fingerprint density at radius 1 is 1.32 bits per heavy atom. The summed E-state index contributed by atoms with van der Waals surface area (Å²) in [7, 11) is 0. The van der Waals surface area contributed by atoms with Crippen LogP contribution >= 0.6 is 0 Å². The van der Waals surface area contributed by atoms with E-state index in [9.17, 15) is 14.0 Å². The SMILES string of the molecule is C[C@@]1(Cc2ccc(F)cc2)NC(=O)N(OCC2CCC2)C1=O. The molecule has 1 aliphatic heterocycles. The van der Waals surface area contributed by atoms with Gasteiger partial charge in [-0.25, -0.2) is 9.18 Å². The minimum absolute atomic E-state index is 0.293. The first-order valence-electron chi connectivity index (χ1n) is 7.52. The molecule has 1 aromatic carbocycles. The van der Waals surface area contributed by atoms with Crippen LogP contribution in [0.4, 0.5) is 9.18 Å². The van der Waals surface area contributed by atoms with Crippen molar-refractivity contribution in [3.05, 3.63) is 35.6 Å². The van der Waals surface area contributed by atoms with Crippen molar-refractivity contribution in [3.63, 3.8) is 0 Å². The van der Waals surface area contributed by atoms with Crippen LogP contribution in [-0.2, 0) is 16.1 Å². The fraction of sp³-hybridized carbons (Fsp3) is 0.500. The van der Waals surface area contributed by atoms with Crippen LogP contribution in [0, 0.1) is 11.7 Å². The minimum atomic E-state index is -1.06. The third-order valence-corrected chi connectivity index (χ3v) is 4.36. The van der Waals surface area contributed by atoms with Gasteiger partial charge in [-0.2, -0.15) is 0 Å². The number of urea groups is 1. The maximum Gasteiger partial charge on any atom is 0.349 e. The first-order chi connectivity index (χ1) is 10.5. The normalized spacial score (nSPS) is 25.3. The lowest BCUT2D eigenvalue weighted by Gasteiger charge is -2.26. The number of nitrogens with zero attached hydrogens (tertiary/aromatic N) is 1. The number of amides is 3. The monoisotopic (exact) mass is 306 g/mol. The Kier molecular flexibility index (Phi) is 3.87. The first kappa shape index (κ1) is 15.0. The third-order valence-electron chi connectivity index (χ3n) is 4.36. The quantitative estimate of drug-likeness (QED) is 0.850. The van der Waals surface area contributed by atoms with Crippen LogP contribution in [0.3, 0.4) is 0 Å². The van der Waals surface area contributed by atoms with E-state index in [-0.39, 0.29) is 5.82 Å². The molecule has 118 valence electrons. The average molecular weight is 306 g/mol. The van der Waals surface area contributed by atoms with Crippen LogP contribution < -0.4 is 5.32 Å². The lowest BCUT2D eigenvalue weighted by molar-refractivity contribution is -0.171. The molecule has 0 unspecified atom stereocenters. The number of benzene rings is 1. The van der Waals surface area contributed by atoms with Gasteiger partial charge >= 0.3 is 6.03 Å². The number of hydrogen-bond acceptors (Lipinski definition) is 3. The Morgan fingerprint density at radius 2 is 2.00 bits per heavy atom. The Bertz CT molecular complexity index is 586. The lowest BCUT2D eigenvalue weighted by atomic mass is 9.86. The van der Waals surface area contributed by atoms with E-state index >= 15 is 0 Å². The zero-order valence-corrected chi connectivity index (χ0v) is 12.5. The second-order valence-electron chi connectivity index (χ2n) is 6.26. The fourth-order valence-corrected chi connectivity index (χ4v) is 2.74. The van der Waals surface area contributed by atoms with Crippen molar-refractivity contribution in [2.24, 2.45) is 5.92 Å². The zero-order valence-electron chi connectivity index (χ0n) is 12.5. The molecule has 1 saturated carbocycles. The zero-order chi connectivity index (χ0) is 15.7. The highest BCUT2D eigenvalue weighted by molar-refractivity contribution is 6.05. The van der Waals surface area contributed by atoms with Crippen LogP contribution in [0.1, 0.15) is 31.7 Å². The highest BCUT2D eigenvalue weighted by atomic mass is 19.1. The van der Waals surface area contributed by atoms with Gasteiger partial charge in [0.2, 0.25) is 0 Å². The first-order valence-corrected chi connectivity index (χ1v) is 7.52.